The van der Waals surface area contributed by atoms with E-state index in [4.69, 9.17) is 9.84 Å². The Hall–Kier alpha value is -0.420. The molecule has 0 aliphatic rings. The van der Waals surface area contributed by atoms with E-state index in [1.165, 1.54) is 0 Å². The molecule has 4 nitrogen and oxygen atoms in total. The van der Waals surface area contributed by atoms with Gasteiger partial charge in [0.15, 0.2) is 0 Å². The molecule has 0 aromatic heterocycles. The molecule has 0 aliphatic carbocycles. The third-order valence-electron chi connectivity index (χ3n) is 1.41. The number of carboxylic acids is 1. The van der Waals surface area contributed by atoms with Gasteiger partial charge in [-0.15, -0.1) is 0 Å². The van der Waals surface area contributed by atoms with Crippen molar-refractivity contribution in [1.29, 1.82) is 0 Å². The minimum atomic E-state index is -1.00. The first-order valence-corrected chi connectivity index (χ1v) is 5.80. The Morgan fingerprint density at radius 1 is 1.46 bits per heavy atom. The quantitative estimate of drug-likeness (QED) is 0.594. The van der Waals surface area contributed by atoms with Crippen LogP contribution in [0.25, 0.3) is 0 Å². The molecule has 0 saturated carbocycles. The normalized spacial score (nSPS) is 12.7. The lowest BCUT2D eigenvalue weighted by Gasteiger charge is -2.00. The molecule has 0 aromatic carbocycles. The Labute approximate surface area is 80.7 Å². The largest absolute Gasteiger partial charge is 0.481 e. The third kappa shape index (κ3) is 9.49. The molecule has 1 atom stereocenters. The minimum Gasteiger partial charge on any atom is -0.481 e. The van der Waals surface area contributed by atoms with Crippen molar-refractivity contribution in [3.05, 3.63) is 0 Å². The van der Waals surface area contributed by atoms with Crippen molar-refractivity contribution in [2.75, 3.05) is 24.7 Å². The average molecular weight is 208 g/mol. The molecule has 78 valence electrons. The lowest BCUT2D eigenvalue weighted by Crippen LogP contribution is -2.09. The second-order valence-corrected chi connectivity index (χ2v) is 4.24. The van der Waals surface area contributed by atoms with Crippen molar-refractivity contribution in [3.63, 3.8) is 0 Å². The van der Waals surface area contributed by atoms with Crippen LogP contribution in [-0.2, 0) is 20.3 Å². The SMILES string of the molecule is CCOCCCS(=O)CCC(=O)O. The zero-order valence-electron chi connectivity index (χ0n) is 7.82. The van der Waals surface area contributed by atoms with E-state index in [0.29, 0.717) is 19.0 Å². The predicted molar refractivity (Wildman–Crippen MR) is 51.2 cm³/mol. The molecule has 13 heavy (non-hydrogen) atoms. The number of rotatable bonds is 8. The molecule has 0 aliphatic heterocycles. The van der Waals surface area contributed by atoms with Gasteiger partial charge in [0.05, 0.1) is 6.42 Å². The molecule has 0 aromatic rings. The smallest absolute Gasteiger partial charge is 0.304 e. The molecule has 0 heterocycles. The molecule has 0 amide bonds. The number of carbonyl (C=O) groups is 1. The van der Waals surface area contributed by atoms with Crippen molar-refractivity contribution in [2.45, 2.75) is 19.8 Å². The van der Waals surface area contributed by atoms with Crippen LogP contribution in [-0.4, -0.2) is 40.0 Å². The van der Waals surface area contributed by atoms with Crippen LogP contribution in [0, 0.1) is 0 Å². The summed E-state index contributed by atoms with van der Waals surface area (Å²) < 4.78 is 16.2. The molecule has 0 bridgehead atoms. The van der Waals surface area contributed by atoms with E-state index in [1.54, 1.807) is 0 Å². The van der Waals surface area contributed by atoms with E-state index in [9.17, 15) is 9.00 Å². The van der Waals surface area contributed by atoms with Crippen molar-refractivity contribution in [2.24, 2.45) is 0 Å². The van der Waals surface area contributed by atoms with E-state index in [0.717, 1.165) is 6.42 Å². The van der Waals surface area contributed by atoms with E-state index < -0.39 is 16.8 Å². The molecule has 0 saturated heterocycles. The van der Waals surface area contributed by atoms with Crippen LogP contribution in [0.15, 0.2) is 0 Å². The van der Waals surface area contributed by atoms with Crippen LogP contribution in [0.3, 0.4) is 0 Å². The van der Waals surface area contributed by atoms with Crippen molar-refractivity contribution < 1.29 is 18.8 Å². The Morgan fingerprint density at radius 3 is 2.69 bits per heavy atom. The topological polar surface area (TPSA) is 63.6 Å². The second-order valence-electron chi connectivity index (χ2n) is 2.54. The fourth-order valence-corrected chi connectivity index (χ4v) is 1.82. The van der Waals surface area contributed by atoms with Gasteiger partial charge in [-0.1, -0.05) is 0 Å². The first-order chi connectivity index (χ1) is 6.16. The zero-order chi connectivity index (χ0) is 10.1. The Balaban J connectivity index is 3.25. The zero-order valence-corrected chi connectivity index (χ0v) is 8.64. The van der Waals surface area contributed by atoms with Gasteiger partial charge in [-0.25, -0.2) is 0 Å². The fourth-order valence-electron chi connectivity index (χ4n) is 0.770. The molecule has 0 spiro atoms. The maximum Gasteiger partial charge on any atom is 0.304 e. The summed E-state index contributed by atoms with van der Waals surface area (Å²) in [6.45, 7) is 3.18. The van der Waals surface area contributed by atoms with Gasteiger partial charge in [0.2, 0.25) is 0 Å². The highest BCUT2D eigenvalue weighted by Gasteiger charge is 2.03. The predicted octanol–water partition coefficient (Wildman–Crippen LogP) is 0.636. The highest BCUT2D eigenvalue weighted by Crippen LogP contribution is 1.92. The Kier molecular flexibility index (Phi) is 7.93. The van der Waals surface area contributed by atoms with Gasteiger partial charge < -0.3 is 9.84 Å². The molecular formula is C8H16O4S. The first kappa shape index (κ1) is 12.6. The summed E-state index contributed by atoms with van der Waals surface area (Å²) in [5.41, 5.74) is 0. The van der Waals surface area contributed by atoms with Crippen molar-refractivity contribution in [3.8, 4) is 0 Å². The fraction of sp³-hybridized carbons (Fsp3) is 0.875. The molecular weight excluding hydrogens is 192 g/mol. The summed E-state index contributed by atoms with van der Waals surface area (Å²) in [6, 6.07) is 0. The summed E-state index contributed by atoms with van der Waals surface area (Å²) in [4.78, 5) is 10.1. The maximum absolute atomic E-state index is 11.1. The average Bonchev–Trinajstić information content (AvgIpc) is 2.09. The lowest BCUT2D eigenvalue weighted by molar-refractivity contribution is -0.136. The van der Waals surface area contributed by atoms with Crippen LogP contribution in [0.5, 0.6) is 0 Å². The molecule has 0 radical (unpaired) electrons. The van der Waals surface area contributed by atoms with Gasteiger partial charge in [0, 0.05) is 35.5 Å². The highest BCUT2D eigenvalue weighted by atomic mass is 32.2. The number of aliphatic carboxylic acids is 1. The van der Waals surface area contributed by atoms with E-state index in [2.05, 4.69) is 0 Å². The summed E-state index contributed by atoms with van der Waals surface area (Å²) in [5.74, 6) is -0.104. The van der Waals surface area contributed by atoms with E-state index >= 15 is 0 Å². The monoisotopic (exact) mass is 208 g/mol. The van der Waals surface area contributed by atoms with E-state index in [1.807, 2.05) is 6.92 Å². The Bertz CT molecular complexity index is 170. The number of carboxylic acid groups (broad SMARTS) is 1. The van der Waals surface area contributed by atoms with Gasteiger partial charge in [0.1, 0.15) is 0 Å². The second kappa shape index (κ2) is 8.19. The summed E-state index contributed by atoms with van der Waals surface area (Å²) in [7, 11) is -1.00. The summed E-state index contributed by atoms with van der Waals surface area (Å²) in [5, 5.41) is 8.31. The highest BCUT2D eigenvalue weighted by molar-refractivity contribution is 7.84. The minimum absolute atomic E-state index is 0.0127. The van der Waals surface area contributed by atoms with Crippen LogP contribution in [0.2, 0.25) is 0 Å². The molecule has 5 heteroatoms. The number of ether oxygens (including phenoxy) is 1. The van der Waals surface area contributed by atoms with Gasteiger partial charge in [0.25, 0.3) is 0 Å². The van der Waals surface area contributed by atoms with Gasteiger partial charge >= 0.3 is 5.97 Å². The van der Waals surface area contributed by atoms with Gasteiger partial charge in [-0.2, -0.15) is 0 Å². The van der Waals surface area contributed by atoms with Crippen LogP contribution >= 0.6 is 0 Å². The van der Waals surface area contributed by atoms with E-state index in [-0.39, 0.29) is 12.2 Å². The lowest BCUT2D eigenvalue weighted by atomic mass is 10.5. The molecule has 0 fully saturated rings. The van der Waals surface area contributed by atoms with Crippen LogP contribution in [0.1, 0.15) is 19.8 Å². The van der Waals surface area contributed by atoms with Crippen molar-refractivity contribution >= 4 is 16.8 Å². The van der Waals surface area contributed by atoms with Crippen LogP contribution in [0.4, 0.5) is 0 Å². The summed E-state index contributed by atoms with van der Waals surface area (Å²) >= 11 is 0. The molecule has 1 N–H and O–H groups in total. The third-order valence-corrected chi connectivity index (χ3v) is 2.81. The Morgan fingerprint density at radius 2 is 2.15 bits per heavy atom. The standard InChI is InChI=1S/C8H16O4S/c1-2-12-5-3-6-13(11)7-4-8(9)10/h2-7H2,1H3,(H,9,10). The number of hydrogen-bond donors (Lipinski definition) is 1. The molecule has 0 rings (SSSR count). The number of hydrogen-bond acceptors (Lipinski definition) is 3. The first-order valence-electron chi connectivity index (χ1n) is 4.31. The van der Waals surface area contributed by atoms with Gasteiger partial charge in [-0.05, 0) is 13.3 Å². The molecule has 1 unspecified atom stereocenters. The van der Waals surface area contributed by atoms with Gasteiger partial charge in [-0.3, -0.25) is 9.00 Å². The van der Waals surface area contributed by atoms with Crippen LogP contribution < -0.4 is 0 Å². The summed E-state index contributed by atoms with van der Waals surface area (Å²) in [6.07, 6.45) is 0.724. The van der Waals surface area contributed by atoms with Crippen molar-refractivity contribution in [1.82, 2.24) is 0 Å². The maximum atomic E-state index is 11.1.